The van der Waals surface area contributed by atoms with Crippen molar-refractivity contribution in [1.29, 1.82) is 0 Å². The Labute approximate surface area is 294 Å². The van der Waals surface area contributed by atoms with Crippen molar-refractivity contribution < 1.29 is 37.6 Å². The number of carbonyl (C=O) groups excluding carboxylic acids is 2. The molecule has 284 valence electrons. The van der Waals surface area contributed by atoms with Crippen LogP contribution in [0.15, 0.2) is 12.2 Å². The van der Waals surface area contributed by atoms with Crippen molar-refractivity contribution in [3.05, 3.63) is 12.2 Å². The molecule has 0 amide bonds. The lowest BCUT2D eigenvalue weighted by Crippen LogP contribution is -2.29. The molecule has 10 heteroatoms. The molecule has 0 aromatic carbocycles. The molecular formula is C38H74NO8P. The molecule has 3 N–H and O–H groups in total. The fourth-order valence-electron chi connectivity index (χ4n) is 5.45. The average Bonchev–Trinajstić information content (AvgIpc) is 3.07. The van der Waals surface area contributed by atoms with Crippen LogP contribution in [0.2, 0.25) is 0 Å². The van der Waals surface area contributed by atoms with Gasteiger partial charge in [-0.15, -0.1) is 0 Å². The molecule has 0 aromatic heterocycles. The number of phosphoric ester groups is 1. The van der Waals surface area contributed by atoms with E-state index in [0.717, 1.165) is 44.9 Å². The number of esters is 2. The fraction of sp³-hybridized carbons (Fsp3) is 0.895. The van der Waals surface area contributed by atoms with Crippen LogP contribution in [0, 0.1) is 0 Å². The van der Waals surface area contributed by atoms with Crippen LogP contribution in [0.4, 0.5) is 0 Å². The van der Waals surface area contributed by atoms with Gasteiger partial charge < -0.3 is 20.1 Å². The van der Waals surface area contributed by atoms with Crippen molar-refractivity contribution in [2.75, 3.05) is 26.4 Å². The molecule has 0 aliphatic rings. The first-order valence-electron chi connectivity index (χ1n) is 19.7. The Morgan fingerprint density at radius 2 is 1.02 bits per heavy atom. The normalized spacial score (nSPS) is 13.5. The maximum atomic E-state index is 12.5. The number of hydrogen-bond acceptors (Lipinski definition) is 8. The number of unbranched alkanes of at least 4 members (excludes halogenated alkanes) is 22. The maximum absolute atomic E-state index is 12.5. The van der Waals surface area contributed by atoms with Crippen LogP contribution in [-0.2, 0) is 32.7 Å². The van der Waals surface area contributed by atoms with Crippen molar-refractivity contribution in [1.82, 2.24) is 0 Å². The fourth-order valence-corrected chi connectivity index (χ4v) is 6.22. The quantitative estimate of drug-likeness (QED) is 0.0280. The van der Waals surface area contributed by atoms with Crippen molar-refractivity contribution >= 4 is 19.8 Å². The van der Waals surface area contributed by atoms with Crippen LogP contribution in [0.1, 0.15) is 187 Å². The van der Waals surface area contributed by atoms with Gasteiger partial charge in [0.1, 0.15) is 6.61 Å². The minimum atomic E-state index is -4.36. The summed E-state index contributed by atoms with van der Waals surface area (Å²) in [7, 11) is -4.36. The van der Waals surface area contributed by atoms with Gasteiger partial charge in [-0.05, 0) is 38.5 Å². The molecule has 2 atom stereocenters. The molecule has 0 radical (unpaired) electrons. The number of carbonyl (C=O) groups is 2. The second kappa shape index (κ2) is 35.6. The summed E-state index contributed by atoms with van der Waals surface area (Å²) < 4.78 is 32.6. The van der Waals surface area contributed by atoms with Crippen LogP contribution >= 0.6 is 7.82 Å². The van der Waals surface area contributed by atoms with Crippen molar-refractivity contribution in [3.8, 4) is 0 Å². The molecule has 9 nitrogen and oxygen atoms in total. The molecule has 48 heavy (non-hydrogen) atoms. The summed E-state index contributed by atoms with van der Waals surface area (Å²) in [4.78, 5) is 34.7. The third-order valence-electron chi connectivity index (χ3n) is 8.40. The Bertz CT molecular complexity index is 810. The second-order valence-electron chi connectivity index (χ2n) is 13.2. The zero-order valence-electron chi connectivity index (χ0n) is 31.0. The van der Waals surface area contributed by atoms with Crippen LogP contribution in [-0.4, -0.2) is 49.3 Å². The van der Waals surface area contributed by atoms with E-state index in [9.17, 15) is 19.0 Å². The van der Waals surface area contributed by atoms with Crippen LogP contribution in [0.25, 0.3) is 0 Å². The number of hydrogen-bond donors (Lipinski definition) is 2. The Morgan fingerprint density at radius 1 is 0.604 bits per heavy atom. The summed E-state index contributed by atoms with van der Waals surface area (Å²) in [5.41, 5.74) is 5.33. The number of ether oxygens (including phenoxy) is 2. The van der Waals surface area contributed by atoms with Crippen molar-refractivity contribution in [2.24, 2.45) is 5.73 Å². The molecule has 0 heterocycles. The Balaban J connectivity index is 4.17. The van der Waals surface area contributed by atoms with Crippen molar-refractivity contribution in [3.63, 3.8) is 0 Å². The highest BCUT2D eigenvalue weighted by Gasteiger charge is 2.25. The maximum Gasteiger partial charge on any atom is 0.472 e. The van der Waals surface area contributed by atoms with E-state index < -0.39 is 26.5 Å². The first kappa shape index (κ1) is 46.8. The molecule has 0 rings (SSSR count). The Morgan fingerprint density at radius 3 is 1.48 bits per heavy atom. The number of phosphoric acid groups is 1. The predicted octanol–water partition coefficient (Wildman–Crippen LogP) is 10.7. The van der Waals surface area contributed by atoms with Gasteiger partial charge in [-0.2, -0.15) is 0 Å². The van der Waals surface area contributed by atoms with Gasteiger partial charge in [0.2, 0.25) is 0 Å². The van der Waals surface area contributed by atoms with E-state index in [2.05, 4.69) is 26.0 Å². The van der Waals surface area contributed by atoms with E-state index >= 15 is 0 Å². The third-order valence-corrected chi connectivity index (χ3v) is 9.39. The molecular weight excluding hydrogens is 629 g/mol. The van der Waals surface area contributed by atoms with E-state index in [1.807, 2.05) is 0 Å². The van der Waals surface area contributed by atoms with Crippen LogP contribution in [0.3, 0.4) is 0 Å². The average molecular weight is 704 g/mol. The summed E-state index contributed by atoms with van der Waals surface area (Å²) in [6.45, 7) is 3.71. The van der Waals surface area contributed by atoms with E-state index in [4.69, 9.17) is 24.3 Å². The topological polar surface area (TPSA) is 134 Å². The molecule has 0 aromatic rings. The first-order chi connectivity index (χ1) is 23.3. The monoisotopic (exact) mass is 704 g/mol. The van der Waals surface area contributed by atoms with Crippen molar-refractivity contribution in [2.45, 2.75) is 193 Å². The molecule has 1 unspecified atom stereocenters. The van der Waals surface area contributed by atoms with Gasteiger partial charge >= 0.3 is 19.8 Å². The molecule has 0 aliphatic heterocycles. The van der Waals surface area contributed by atoms with Gasteiger partial charge in [0.25, 0.3) is 0 Å². The lowest BCUT2D eigenvalue weighted by molar-refractivity contribution is -0.161. The largest absolute Gasteiger partial charge is 0.472 e. The van der Waals surface area contributed by atoms with Crippen LogP contribution in [0.5, 0.6) is 0 Å². The smallest absolute Gasteiger partial charge is 0.462 e. The van der Waals surface area contributed by atoms with Gasteiger partial charge in [-0.3, -0.25) is 18.6 Å². The van der Waals surface area contributed by atoms with E-state index in [-0.39, 0.29) is 38.6 Å². The zero-order chi connectivity index (χ0) is 35.4. The summed E-state index contributed by atoms with van der Waals surface area (Å²) in [6, 6.07) is 0. The van der Waals surface area contributed by atoms with Gasteiger partial charge in [0.15, 0.2) is 6.10 Å². The standard InChI is InChI=1S/C38H74NO8P/c1-3-5-7-9-11-13-15-16-17-18-19-20-21-23-25-27-29-31-38(41)47-36(35-46-48(42,43)45-33-32-39)34-44-37(40)30-28-26-24-22-14-12-10-8-6-4-2/h16-17,36H,3-15,18-35,39H2,1-2H3,(H,42,43)/b17-16+/t36-/m1/s1. The van der Waals surface area contributed by atoms with E-state index in [1.165, 1.54) is 109 Å². The molecule has 0 bridgehead atoms. The molecule has 0 saturated heterocycles. The highest BCUT2D eigenvalue weighted by Crippen LogP contribution is 2.43. The molecule has 0 fully saturated rings. The summed E-state index contributed by atoms with van der Waals surface area (Å²) in [5, 5.41) is 0. The van der Waals surface area contributed by atoms with E-state index in [1.54, 1.807) is 0 Å². The minimum Gasteiger partial charge on any atom is -0.462 e. The first-order valence-corrected chi connectivity index (χ1v) is 21.2. The number of rotatable bonds is 37. The molecule has 0 saturated carbocycles. The Hall–Kier alpha value is -1.25. The SMILES string of the molecule is CCCCCCCC/C=C/CCCCCCCCCC(=O)O[C@H](COC(=O)CCCCCCCCCCCC)COP(=O)(O)OCCN. The van der Waals surface area contributed by atoms with E-state index in [0.29, 0.717) is 6.42 Å². The predicted molar refractivity (Wildman–Crippen MR) is 197 cm³/mol. The number of nitrogens with two attached hydrogens (primary N) is 1. The lowest BCUT2D eigenvalue weighted by atomic mass is 10.1. The van der Waals surface area contributed by atoms with Gasteiger partial charge in [0, 0.05) is 19.4 Å². The lowest BCUT2D eigenvalue weighted by Gasteiger charge is -2.19. The van der Waals surface area contributed by atoms with Gasteiger partial charge in [-0.25, -0.2) is 4.57 Å². The van der Waals surface area contributed by atoms with Gasteiger partial charge in [0.05, 0.1) is 13.2 Å². The second-order valence-corrected chi connectivity index (χ2v) is 14.6. The highest BCUT2D eigenvalue weighted by molar-refractivity contribution is 7.47. The summed E-state index contributed by atoms with van der Waals surface area (Å²) >= 11 is 0. The zero-order valence-corrected chi connectivity index (χ0v) is 31.9. The third kappa shape index (κ3) is 34.6. The minimum absolute atomic E-state index is 0.0552. The Kier molecular flexibility index (Phi) is 34.6. The van der Waals surface area contributed by atoms with Crippen LogP contribution < -0.4 is 5.73 Å². The molecule has 0 spiro atoms. The highest BCUT2D eigenvalue weighted by atomic mass is 31.2. The molecule has 0 aliphatic carbocycles. The number of allylic oxidation sites excluding steroid dienone is 2. The summed E-state index contributed by atoms with van der Waals surface area (Å²) in [5.74, 6) is -0.830. The van der Waals surface area contributed by atoms with Gasteiger partial charge in [-0.1, -0.05) is 148 Å². The summed E-state index contributed by atoms with van der Waals surface area (Å²) in [6.07, 6.45) is 33.8.